The number of para-hydroxylation sites is 1. The van der Waals surface area contributed by atoms with Crippen LogP contribution in [-0.4, -0.2) is 55.1 Å². The van der Waals surface area contributed by atoms with Crippen LogP contribution in [-0.2, 0) is 0 Å². The molecule has 154 valence electrons. The largest absolute Gasteiger partial charge is 0.368 e. The lowest BCUT2D eigenvalue weighted by Gasteiger charge is -2.36. The normalized spacial score (nSPS) is 16.9. The van der Waals surface area contributed by atoms with Crippen LogP contribution in [0.15, 0.2) is 59.3 Å². The zero-order valence-electron chi connectivity index (χ0n) is 17.0. The fraction of sp³-hybridized carbons (Fsp3) is 0.333. The average molecular weight is 419 g/mol. The van der Waals surface area contributed by atoms with Gasteiger partial charge >= 0.3 is 0 Å². The van der Waals surface area contributed by atoms with Gasteiger partial charge in [-0.25, -0.2) is 4.98 Å². The van der Waals surface area contributed by atoms with Gasteiger partial charge in [0.25, 0.3) is 5.91 Å². The summed E-state index contributed by atoms with van der Waals surface area (Å²) in [4.78, 5) is 25.0. The first-order valence-electron chi connectivity index (χ1n) is 10.7. The molecule has 2 aromatic heterocycles. The summed E-state index contributed by atoms with van der Waals surface area (Å²) in [7, 11) is 0. The summed E-state index contributed by atoms with van der Waals surface area (Å²) in [6.45, 7) is 5.13. The third-order valence-electron chi connectivity index (χ3n) is 6.02. The minimum Gasteiger partial charge on any atom is -0.368 e. The van der Waals surface area contributed by atoms with E-state index >= 15 is 0 Å². The second-order valence-electron chi connectivity index (χ2n) is 7.89. The fourth-order valence-corrected chi connectivity index (χ4v) is 4.98. The molecule has 2 fully saturated rings. The van der Waals surface area contributed by atoms with Gasteiger partial charge in [0.05, 0.1) is 11.3 Å². The summed E-state index contributed by atoms with van der Waals surface area (Å²) in [6, 6.07) is 16.5. The Morgan fingerprint density at radius 2 is 1.60 bits per heavy atom. The van der Waals surface area contributed by atoms with Gasteiger partial charge in [0.2, 0.25) is 0 Å². The van der Waals surface area contributed by atoms with Crippen molar-refractivity contribution in [1.29, 1.82) is 0 Å². The third-order valence-corrected chi connectivity index (χ3v) is 6.70. The summed E-state index contributed by atoms with van der Waals surface area (Å²) in [5.74, 6) is 0.959. The summed E-state index contributed by atoms with van der Waals surface area (Å²) in [5, 5.41) is 4.18. The number of hydrogen-bond donors (Lipinski definition) is 0. The fourth-order valence-electron chi connectivity index (χ4n) is 4.33. The van der Waals surface area contributed by atoms with Crippen molar-refractivity contribution in [2.24, 2.45) is 0 Å². The van der Waals surface area contributed by atoms with Gasteiger partial charge in [0.15, 0.2) is 0 Å². The highest BCUT2D eigenvalue weighted by molar-refractivity contribution is 7.08. The minimum atomic E-state index is 0.106. The molecule has 5 rings (SSSR count). The Bertz CT molecular complexity index is 991. The van der Waals surface area contributed by atoms with Crippen LogP contribution in [0, 0.1) is 0 Å². The molecule has 4 heterocycles. The first-order valence-corrected chi connectivity index (χ1v) is 11.6. The highest BCUT2D eigenvalue weighted by Crippen LogP contribution is 2.29. The van der Waals surface area contributed by atoms with Gasteiger partial charge in [-0.2, -0.15) is 11.3 Å². The van der Waals surface area contributed by atoms with Crippen molar-refractivity contribution >= 4 is 28.7 Å². The summed E-state index contributed by atoms with van der Waals surface area (Å²) >= 11 is 1.67. The molecular formula is C24H26N4OS. The number of thiophene rings is 1. The smallest absolute Gasteiger partial charge is 0.257 e. The molecule has 5 nitrogen and oxygen atoms in total. The van der Waals surface area contributed by atoms with Crippen LogP contribution in [0.3, 0.4) is 0 Å². The molecular weight excluding hydrogens is 392 g/mol. The highest BCUT2D eigenvalue weighted by atomic mass is 32.1. The lowest BCUT2D eigenvalue weighted by molar-refractivity contribution is 0.0747. The second kappa shape index (κ2) is 8.48. The monoisotopic (exact) mass is 418 g/mol. The van der Waals surface area contributed by atoms with E-state index in [9.17, 15) is 4.79 Å². The van der Waals surface area contributed by atoms with E-state index in [0.29, 0.717) is 0 Å². The van der Waals surface area contributed by atoms with Crippen LogP contribution in [0.5, 0.6) is 0 Å². The van der Waals surface area contributed by atoms with Crippen molar-refractivity contribution in [3.8, 4) is 11.3 Å². The van der Waals surface area contributed by atoms with Crippen LogP contribution in [0.25, 0.3) is 11.3 Å². The first kappa shape index (κ1) is 19.1. The zero-order valence-corrected chi connectivity index (χ0v) is 17.9. The maximum Gasteiger partial charge on any atom is 0.257 e. The Hall–Kier alpha value is -2.86. The Labute approximate surface area is 181 Å². The third kappa shape index (κ3) is 3.79. The molecule has 0 radical (unpaired) electrons. The molecule has 30 heavy (non-hydrogen) atoms. The first-order chi connectivity index (χ1) is 14.8. The predicted molar refractivity (Wildman–Crippen MR) is 124 cm³/mol. The minimum absolute atomic E-state index is 0.106. The lowest BCUT2D eigenvalue weighted by Crippen LogP contribution is -2.49. The summed E-state index contributed by atoms with van der Waals surface area (Å²) in [5.41, 5.74) is 4.03. The number of pyridine rings is 1. The van der Waals surface area contributed by atoms with Crippen LogP contribution >= 0.6 is 11.3 Å². The van der Waals surface area contributed by atoms with E-state index in [0.717, 1.165) is 74.7 Å². The molecule has 2 aliphatic heterocycles. The molecule has 0 N–H and O–H groups in total. The van der Waals surface area contributed by atoms with Gasteiger partial charge in [-0.15, -0.1) is 0 Å². The number of hydrogen-bond acceptors (Lipinski definition) is 5. The maximum absolute atomic E-state index is 13.5. The van der Waals surface area contributed by atoms with Crippen LogP contribution in [0.2, 0.25) is 0 Å². The highest BCUT2D eigenvalue weighted by Gasteiger charge is 2.27. The second-order valence-corrected chi connectivity index (χ2v) is 8.67. The van der Waals surface area contributed by atoms with E-state index < -0.39 is 0 Å². The van der Waals surface area contributed by atoms with Crippen molar-refractivity contribution in [2.75, 3.05) is 49.1 Å². The van der Waals surface area contributed by atoms with E-state index in [4.69, 9.17) is 4.98 Å². The van der Waals surface area contributed by atoms with Crippen molar-refractivity contribution in [2.45, 2.75) is 12.8 Å². The number of amides is 1. The molecule has 0 bridgehead atoms. The van der Waals surface area contributed by atoms with Crippen LogP contribution in [0.4, 0.5) is 11.5 Å². The molecule has 0 saturated carbocycles. The molecule has 0 aliphatic carbocycles. The number of benzene rings is 1. The quantitative estimate of drug-likeness (QED) is 0.631. The van der Waals surface area contributed by atoms with E-state index in [1.807, 2.05) is 23.1 Å². The Kier molecular flexibility index (Phi) is 5.41. The number of carbonyl (C=O) groups excluding carboxylic acids is 1. The van der Waals surface area contributed by atoms with E-state index in [-0.39, 0.29) is 5.91 Å². The van der Waals surface area contributed by atoms with Gasteiger partial charge in [0, 0.05) is 55.9 Å². The Balaban J connectivity index is 1.37. The van der Waals surface area contributed by atoms with Gasteiger partial charge in [-0.1, -0.05) is 18.2 Å². The molecule has 0 atom stereocenters. The van der Waals surface area contributed by atoms with Gasteiger partial charge < -0.3 is 14.7 Å². The molecule has 1 amide bonds. The van der Waals surface area contributed by atoms with Gasteiger partial charge in [0.1, 0.15) is 5.82 Å². The van der Waals surface area contributed by atoms with Gasteiger partial charge in [-0.3, -0.25) is 4.79 Å². The average Bonchev–Trinajstić information content (AvgIpc) is 3.54. The molecule has 3 aromatic rings. The van der Waals surface area contributed by atoms with Crippen LogP contribution in [0.1, 0.15) is 23.2 Å². The molecule has 2 saturated heterocycles. The Morgan fingerprint density at radius 1 is 0.833 bits per heavy atom. The number of aromatic nitrogens is 1. The maximum atomic E-state index is 13.5. The number of piperazine rings is 1. The van der Waals surface area contributed by atoms with Gasteiger partial charge in [-0.05, 0) is 48.6 Å². The SMILES string of the molecule is O=C(c1ccc(-c2ccsc2)nc1N1CCCC1)N1CCN(c2ccccc2)CC1. The van der Waals surface area contributed by atoms with Crippen LogP contribution < -0.4 is 9.80 Å². The van der Waals surface area contributed by atoms with E-state index in [1.54, 1.807) is 11.3 Å². The predicted octanol–water partition coefficient (Wildman–Crippen LogP) is 4.37. The topological polar surface area (TPSA) is 39.7 Å². The Morgan fingerprint density at radius 3 is 2.30 bits per heavy atom. The number of carbonyl (C=O) groups is 1. The zero-order chi connectivity index (χ0) is 20.3. The van der Waals surface area contributed by atoms with Crippen molar-refractivity contribution in [3.05, 3.63) is 64.9 Å². The lowest BCUT2D eigenvalue weighted by atomic mass is 10.1. The van der Waals surface area contributed by atoms with E-state index in [1.165, 1.54) is 5.69 Å². The summed E-state index contributed by atoms with van der Waals surface area (Å²) < 4.78 is 0. The van der Waals surface area contributed by atoms with Crippen molar-refractivity contribution in [3.63, 3.8) is 0 Å². The molecule has 0 unspecified atom stereocenters. The van der Waals surface area contributed by atoms with E-state index in [2.05, 4.69) is 50.9 Å². The standard InChI is InChI=1S/C24H26N4OS/c29-24(28-15-13-26(14-16-28)20-6-2-1-3-7-20)21-8-9-22(19-10-17-30-18-19)25-23(21)27-11-4-5-12-27/h1-3,6-10,17-18H,4-5,11-16H2. The number of nitrogens with zero attached hydrogens (tertiary/aromatic N) is 4. The number of rotatable bonds is 4. The number of anilines is 2. The molecule has 6 heteroatoms. The van der Waals surface area contributed by atoms with Crippen molar-refractivity contribution in [1.82, 2.24) is 9.88 Å². The van der Waals surface area contributed by atoms with Crippen molar-refractivity contribution < 1.29 is 4.79 Å². The molecule has 2 aliphatic rings. The molecule has 1 aromatic carbocycles. The summed E-state index contributed by atoms with van der Waals surface area (Å²) in [6.07, 6.45) is 2.32. The molecule has 0 spiro atoms.